The number of hydrogen-bond donors (Lipinski definition) is 2. The van der Waals surface area contributed by atoms with Crippen LogP contribution < -0.4 is 10.6 Å². The minimum absolute atomic E-state index is 0.515. The lowest BCUT2D eigenvalue weighted by Gasteiger charge is -2.16. The summed E-state index contributed by atoms with van der Waals surface area (Å²) >= 11 is 0. The summed E-state index contributed by atoms with van der Waals surface area (Å²) < 4.78 is 5.15. The van der Waals surface area contributed by atoms with Gasteiger partial charge >= 0.3 is 0 Å². The van der Waals surface area contributed by atoms with Gasteiger partial charge in [-0.1, -0.05) is 12.2 Å². The molecule has 1 heterocycles. The number of rotatable bonds is 4. The third kappa shape index (κ3) is 3.08. The van der Waals surface area contributed by atoms with Crippen molar-refractivity contribution in [2.75, 3.05) is 20.3 Å². The molecule has 2 atom stereocenters. The fourth-order valence-corrected chi connectivity index (χ4v) is 2.21. The molecule has 1 aliphatic heterocycles. The van der Waals surface area contributed by atoms with E-state index < -0.39 is 0 Å². The van der Waals surface area contributed by atoms with Crippen LogP contribution in [0.1, 0.15) is 19.3 Å². The Morgan fingerprint density at radius 1 is 1.53 bits per heavy atom. The zero-order valence-electron chi connectivity index (χ0n) is 9.33. The van der Waals surface area contributed by atoms with Crippen molar-refractivity contribution in [1.82, 2.24) is 10.6 Å². The topological polar surface area (TPSA) is 33.3 Å². The van der Waals surface area contributed by atoms with Crippen LogP contribution in [0.5, 0.6) is 0 Å². The molecule has 0 saturated carbocycles. The van der Waals surface area contributed by atoms with Crippen molar-refractivity contribution in [1.29, 1.82) is 0 Å². The Bertz CT molecular complexity index is 260. The maximum Gasteiger partial charge on any atom is 0.0616 e. The molecule has 0 spiro atoms. The SMILES string of the molecule is COC[C@H]1CC(NC2=CCCC=C2)CN1. The first-order valence-corrected chi connectivity index (χ1v) is 5.74. The average Bonchev–Trinajstić information content (AvgIpc) is 2.68. The summed E-state index contributed by atoms with van der Waals surface area (Å²) in [5, 5.41) is 7.02. The van der Waals surface area contributed by atoms with Crippen LogP contribution in [0.15, 0.2) is 23.9 Å². The highest BCUT2D eigenvalue weighted by Gasteiger charge is 2.23. The van der Waals surface area contributed by atoms with Gasteiger partial charge in [-0.05, 0) is 25.3 Å². The maximum atomic E-state index is 5.15. The van der Waals surface area contributed by atoms with Gasteiger partial charge in [0, 0.05) is 31.4 Å². The van der Waals surface area contributed by atoms with Crippen molar-refractivity contribution in [3.8, 4) is 0 Å². The van der Waals surface area contributed by atoms with Gasteiger partial charge in [-0.15, -0.1) is 0 Å². The van der Waals surface area contributed by atoms with E-state index in [4.69, 9.17) is 4.74 Å². The van der Waals surface area contributed by atoms with Gasteiger partial charge in [-0.25, -0.2) is 0 Å². The van der Waals surface area contributed by atoms with Gasteiger partial charge in [0.15, 0.2) is 0 Å². The van der Waals surface area contributed by atoms with E-state index in [0.717, 1.165) is 19.6 Å². The predicted octanol–water partition coefficient (Wildman–Crippen LogP) is 1.19. The van der Waals surface area contributed by atoms with E-state index in [2.05, 4.69) is 28.9 Å². The Labute approximate surface area is 91.6 Å². The van der Waals surface area contributed by atoms with Crippen molar-refractivity contribution < 1.29 is 4.74 Å². The lowest BCUT2D eigenvalue weighted by Crippen LogP contribution is -2.30. The zero-order chi connectivity index (χ0) is 10.5. The molecule has 2 aliphatic rings. The number of nitrogens with one attached hydrogen (secondary N) is 2. The number of allylic oxidation sites excluding steroid dienone is 3. The van der Waals surface area contributed by atoms with Gasteiger partial charge < -0.3 is 15.4 Å². The average molecular weight is 208 g/mol. The molecule has 84 valence electrons. The molecule has 2 rings (SSSR count). The Morgan fingerprint density at radius 3 is 3.20 bits per heavy atom. The second-order valence-electron chi connectivity index (χ2n) is 4.28. The fraction of sp³-hybridized carbons (Fsp3) is 0.667. The van der Waals surface area contributed by atoms with E-state index in [1.807, 2.05) is 0 Å². The third-order valence-electron chi connectivity index (χ3n) is 2.96. The molecular formula is C12H20N2O. The van der Waals surface area contributed by atoms with Crippen LogP contribution in [0.4, 0.5) is 0 Å². The van der Waals surface area contributed by atoms with Crippen LogP contribution in [0, 0.1) is 0 Å². The van der Waals surface area contributed by atoms with Crippen LogP contribution >= 0.6 is 0 Å². The normalized spacial score (nSPS) is 30.3. The first kappa shape index (κ1) is 10.7. The van der Waals surface area contributed by atoms with Gasteiger partial charge in [-0.2, -0.15) is 0 Å². The predicted molar refractivity (Wildman–Crippen MR) is 61.7 cm³/mol. The van der Waals surface area contributed by atoms with Crippen LogP contribution in [0.2, 0.25) is 0 Å². The molecule has 0 bridgehead atoms. The monoisotopic (exact) mass is 208 g/mol. The highest BCUT2D eigenvalue weighted by Crippen LogP contribution is 2.12. The molecule has 0 amide bonds. The summed E-state index contributed by atoms with van der Waals surface area (Å²) in [5.41, 5.74) is 1.28. The molecule has 1 fully saturated rings. The largest absolute Gasteiger partial charge is 0.383 e. The molecule has 3 heteroatoms. The summed E-state index contributed by atoms with van der Waals surface area (Å²) in [7, 11) is 1.76. The smallest absolute Gasteiger partial charge is 0.0616 e. The highest BCUT2D eigenvalue weighted by molar-refractivity contribution is 5.21. The Hall–Kier alpha value is -0.800. The summed E-state index contributed by atoms with van der Waals surface area (Å²) in [6.45, 7) is 1.85. The third-order valence-corrected chi connectivity index (χ3v) is 2.96. The Balaban J connectivity index is 1.76. The second kappa shape index (κ2) is 5.33. The number of ether oxygens (including phenoxy) is 1. The molecule has 1 aliphatic carbocycles. The zero-order valence-corrected chi connectivity index (χ0v) is 9.33. The van der Waals surface area contributed by atoms with Crippen molar-refractivity contribution in [2.24, 2.45) is 0 Å². The maximum absolute atomic E-state index is 5.15. The minimum atomic E-state index is 0.515. The highest BCUT2D eigenvalue weighted by atomic mass is 16.5. The van der Waals surface area contributed by atoms with Gasteiger partial charge in [0.2, 0.25) is 0 Å². The molecule has 0 aromatic heterocycles. The van der Waals surface area contributed by atoms with Crippen molar-refractivity contribution >= 4 is 0 Å². The van der Waals surface area contributed by atoms with Gasteiger partial charge in [0.1, 0.15) is 0 Å². The molecule has 0 aromatic carbocycles. The van der Waals surface area contributed by atoms with E-state index in [1.54, 1.807) is 7.11 Å². The van der Waals surface area contributed by atoms with E-state index in [9.17, 15) is 0 Å². The Kier molecular flexibility index (Phi) is 3.80. The van der Waals surface area contributed by atoms with E-state index >= 15 is 0 Å². The van der Waals surface area contributed by atoms with Gasteiger partial charge in [0.25, 0.3) is 0 Å². The van der Waals surface area contributed by atoms with Gasteiger partial charge in [0.05, 0.1) is 6.61 Å². The number of hydrogen-bond acceptors (Lipinski definition) is 3. The van der Waals surface area contributed by atoms with E-state index in [-0.39, 0.29) is 0 Å². The van der Waals surface area contributed by atoms with Crippen LogP contribution in [-0.2, 0) is 4.74 Å². The van der Waals surface area contributed by atoms with Crippen LogP contribution in [-0.4, -0.2) is 32.3 Å². The van der Waals surface area contributed by atoms with Gasteiger partial charge in [-0.3, -0.25) is 0 Å². The Morgan fingerprint density at radius 2 is 2.47 bits per heavy atom. The molecule has 2 N–H and O–H groups in total. The van der Waals surface area contributed by atoms with Crippen LogP contribution in [0.25, 0.3) is 0 Å². The molecule has 15 heavy (non-hydrogen) atoms. The molecule has 0 aromatic rings. The summed E-state index contributed by atoms with van der Waals surface area (Å²) in [4.78, 5) is 0. The standard InChI is InChI=1S/C12H20N2O/c1-15-9-12-7-11(8-13-12)14-10-5-3-2-4-6-10/h3,5-6,11-14H,2,4,7-9H2,1H3/t11?,12-/m1/s1. The lowest BCUT2D eigenvalue weighted by atomic mass is 10.1. The van der Waals surface area contributed by atoms with E-state index in [1.165, 1.54) is 18.5 Å². The summed E-state index contributed by atoms with van der Waals surface area (Å²) in [5.74, 6) is 0. The molecule has 3 nitrogen and oxygen atoms in total. The summed E-state index contributed by atoms with van der Waals surface area (Å²) in [6.07, 6.45) is 10.2. The first-order valence-electron chi connectivity index (χ1n) is 5.74. The summed E-state index contributed by atoms with van der Waals surface area (Å²) in [6, 6.07) is 1.07. The van der Waals surface area contributed by atoms with Crippen molar-refractivity contribution in [2.45, 2.75) is 31.3 Å². The number of methoxy groups -OCH3 is 1. The molecule has 1 unspecified atom stereocenters. The molecular weight excluding hydrogens is 188 g/mol. The van der Waals surface area contributed by atoms with Crippen molar-refractivity contribution in [3.63, 3.8) is 0 Å². The lowest BCUT2D eigenvalue weighted by molar-refractivity contribution is 0.173. The molecule has 1 saturated heterocycles. The first-order chi connectivity index (χ1) is 7.38. The minimum Gasteiger partial charge on any atom is -0.383 e. The van der Waals surface area contributed by atoms with Crippen LogP contribution in [0.3, 0.4) is 0 Å². The van der Waals surface area contributed by atoms with E-state index in [0.29, 0.717) is 12.1 Å². The quantitative estimate of drug-likeness (QED) is 0.728. The fourth-order valence-electron chi connectivity index (χ4n) is 2.21. The second-order valence-corrected chi connectivity index (χ2v) is 4.28. The van der Waals surface area contributed by atoms with Crippen molar-refractivity contribution in [3.05, 3.63) is 23.9 Å². The molecule has 0 radical (unpaired) electrons.